The maximum Gasteiger partial charge on any atom is 0.406 e. The zero-order valence-electron chi connectivity index (χ0n) is 13.1. The molecule has 0 saturated heterocycles. The molecular formula is C15H14F3N3O4S. The van der Waals surface area contributed by atoms with Crippen LogP contribution >= 0.6 is 0 Å². The summed E-state index contributed by atoms with van der Waals surface area (Å²) in [5.74, 6) is 0. The molecule has 2 aromatic rings. The van der Waals surface area contributed by atoms with Crippen LogP contribution in [0.15, 0.2) is 59.5 Å². The van der Waals surface area contributed by atoms with Crippen LogP contribution in [0.25, 0.3) is 0 Å². The molecule has 7 nitrogen and oxygen atoms in total. The van der Waals surface area contributed by atoms with E-state index in [2.05, 4.69) is 5.32 Å². The maximum atomic E-state index is 13.2. The first kappa shape index (κ1) is 19.7. The van der Waals surface area contributed by atoms with E-state index in [0.717, 1.165) is 12.1 Å². The van der Waals surface area contributed by atoms with Crippen molar-refractivity contribution in [3.05, 3.63) is 64.7 Å². The number of nitrogens with one attached hydrogen (secondary N) is 2. The molecule has 0 saturated carbocycles. The van der Waals surface area contributed by atoms with Crippen LogP contribution in [0.3, 0.4) is 0 Å². The van der Waals surface area contributed by atoms with Crippen molar-refractivity contribution in [2.75, 3.05) is 11.9 Å². The molecule has 0 fully saturated rings. The Labute approximate surface area is 147 Å². The summed E-state index contributed by atoms with van der Waals surface area (Å²) in [6, 6.07) is 9.61. The standard InChI is InChI=1S/C15H14F3N3O4S/c16-15(17,18)14(10-19-11-6-2-1-3-7-11)20-26(24,25)13-9-5-4-8-12(13)21(22)23/h1-9,14,19-20H,10H2. The summed E-state index contributed by atoms with van der Waals surface area (Å²) in [5.41, 5.74) is -0.441. The molecule has 26 heavy (non-hydrogen) atoms. The van der Waals surface area contributed by atoms with E-state index in [1.807, 2.05) is 0 Å². The number of rotatable bonds is 7. The first-order valence-electron chi connectivity index (χ1n) is 7.22. The first-order valence-corrected chi connectivity index (χ1v) is 8.71. The molecule has 1 unspecified atom stereocenters. The van der Waals surface area contributed by atoms with Crippen LogP contribution in [0.4, 0.5) is 24.5 Å². The molecule has 0 radical (unpaired) electrons. The second kappa shape index (κ2) is 7.70. The fraction of sp³-hybridized carbons (Fsp3) is 0.200. The molecule has 0 aliphatic rings. The van der Waals surface area contributed by atoms with Gasteiger partial charge in [0.1, 0.15) is 6.04 Å². The minimum Gasteiger partial charge on any atom is -0.383 e. The summed E-state index contributed by atoms with van der Waals surface area (Å²) in [7, 11) is -4.77. The van der Waals surface area contributed by atoms with Gasteiger partial charge in [-0.05, 0) is 18.2 Å². The van der Waals surface area contributed by atoms with Gasteiger partial charge in [0.2, 0.25) is 10.0 Å². The van der Waals surface area contributed by atoms with Gasteiger partial charge in [-0.2, -0.15) is 17.9 Å². The number of nitro groups is 1. The van der Waals surface area contributed by atoms with Crippen molar-refractivity contribution < 1.29 is 26.5 Å². The molecule has 0 aliphatic heterocycles. The topological polar surface area (TPSA) is 101 Å². The fourth-order valence-corrected chi connectivity index (χ4v) is 3.48. The van der Waals surface area contributed by atoms with E-state index in [9.17, 15) is 31.7 Å². The van der Waals surface area contributed by atoms with Crippen molar-refractivity contribution >= 4 is 21.4 Å². The summed E-state index contributed by atoms with van der Waals surface area (Å²) in [6.07, 6.45) is -4.90. The Morgan fingerprint density at radius 1 is 1.04 bits per heavy atom. The van der Waals surface area contributed by atoms with Crippen LogP contribution < -0.4 is 10.0 Å². The average molecular weight is 389 g/mol. The SMILES string of the molecule is O=[N+]([O-])c1ccccc1S(=O)(=O)NC(CNc1ccccc1)C(F)(F)F. The number of anilines is 1. The van der Waals surface area contributed by atoms with Gasteiger partial charge in [-0.25, -0.2) is 8.42 Å². The number of halogens is 3. The van der Waals surface area contributed by atoms with Crippen LogP contribution in [0.5, 0.6) is 0 Å². The van der Waals surface area contributed by atoms with Gasteiger partial charge in [0.15, 0.2) is 4.90 Å². The summed E-state index contributed by atoms with van der Waals surface area (Å²) in [4.78, 5) is 9.13. The summed E-state index contributed by atoms with van der Waals surface area (Å²) >= 11 is 0. The highest BCUT2D eigenvalue weighted by Gasteiger charge is 2.43. The second-order valence-corrected chi connectivity index (χ2v) is 6.87. The quantitative estimate of drug-likeness (QED) is 0.560. The lowest BCUT2D eigenvalue weighted by Crippen LogP contribution is -2.49. The van der Waals surface area contributed by atoms with E-state index in [-0.39, 0.29) is 0 Å². The molecule has 2 rings (SSSR count). The zero-order valence-corrected chi connectivity index (χ0v) is 13.9. The Morgan fingerprint density at radius 3 is 2.19 bits per heavy atom. The van der Waals surface area contributed by atoms with Crippen LogP contribution in [-0.4, -0.2) is 32.1 Å². The third kappa shape index (κ3) is 4.92. The molecule has 0 heterocycles. The van der Waals surface area contributed by atoms with Gasteiger partial charge in [0.05, 0.1) is 4.92 Å². The number of nitrogens with zero attached hydrogens (tertiary/aromatic N) is 1. The maximum absolute atomic E-state index is 13.2. The lowest BCUT2D eigenvalue weighted by Gasteiger charge is -2.22. The lowest BCUT2D eigenvalue weighted by molar-refractivity contribution is -0.387. The van der Waals surface area contributed by atoms with Crippen molar-refractivity contribution in [1.82, 2.24) is 4.72 Å². The number of benzene rings is 2. The monoisotopic (exact) mass is 389 g/mol. The molecule has 11 heteroatoms. The number of nitro benzene ring substituents is 1. The first-order chi connectivity index (χ1) is 12.1. The Morgan fingerprint density at radius 2 is 1.62 bits per heavy atom. The Balaban J connectivity index is 2.26. The largest absolute Gasteiger partial charge is 0.406 e. The van der Waals surface area contributed by atoms with Gasteiger partial charge in [-0.3, -0.25) is 10.1 Å². The molecule has 0 aliphatic carbocycles. The van der Waals surface area contributed by atoms with Crippen LogP contribution in [0.2, 0.25) is 0 Å². The third-order valence-electron chi connectivity index (χ3n) is 3.33. The molecule has 1 atom stereocenters. The third-order valence-corrected chi connectivity index (χ3v) is 4.85. The molecule has 0 spiro atoms. The predicted octanol–water partition coefficient (Wildman–Crippen LogP) is 2.92. The molecule has 0 aromatic heterocycles. The van der Waals surface area contributed by atoms with Gasteiger partial charge < -0.3 is 5.32 Å². The van der Waals surface area contributed by atoms with Crippen LogP contribution in [-0.2, 0) is 10.0 Å². The van der Waals surface area contributed by atoms with Gasteiger partial charge in [-0.1, -0.05) is 30.3 Å². The van der Waals surface area contributed by atoms with E-state index in [4.69, 9.17) is 0 Å². The Bertz CT molecular complexity index is 873. The minimum atomic E-state index is -4.90. The molecule has 2 aromatic carbocycles. The Kier molecular flexibility index (Phi) is 5.83. The normalized spacial score (nSPS) is 13.2. The highest BCUT2D eigenvalue weighted by atomic mass is 32.2. The van der Waals surface area contributed by atoms with Gasteiger partial charge in [0.25, 0.3) is 5.69 Å². The highest BCUT2D eigenvalue weighted by Crippen LogP contribution is 2.26. The molecule has 140 valence electrons. The number of hydrogen-bond donors (Lipinski definition) is 2. The molecule has 0 amide bonds. The number of sulfonamides is 1. The van der Waals surface area contributed by atoms with Gasteiger partial charge in [-0.15, -0.1) is 0 Å². The van der Waals surface area contributed by atoms with Crippen molar-refractivity contribution in [2.24, 2.45) is 0 Å². The highest BCUT2D eigenvalue weighted by molar-refractivity contribution is 7.89. The van der Waals surface area contributed by atoms with E-state index >= 15 is 0 Å². The lowest BCUT2D eigenvalue weighted by atomic mass is 10.2. The number of para-hydroxylation sites is 2. The van der Waals surface area contributed by atoms with Crippen LogP contribution in [0, 0.1) is 10.1 Å². The number of hydrogen-bond acceptors (Lipinski definition) is 5. The van der Waals surface area contributed by atoms with Gasteiger partial charge in [0, 0.05) is 18.3 Å². The summed E-state index contributed by atoms with van der Waals surface area (Å²) < 4.78 is 65.7. The van der Waals surface area contributed by atoms with E-state index in [0.29, 0.717) is 5.69 Å². The smallest absolute Gasteiger partial charge is 0.383 e. The van der Waals surface area contributed by atoms with Gasteiger partial charge >= 0.3 is 6.18 Å². The number of alkyl halides is 3. The summed E-state index contributed by atoms with van der Waals surface area (Å²) in [6.45, 7) is -0.784. The molecular weight excluding hydrogens is 375 g/mol. The predicted molar refractivity (Wildman–Crippen MR) is 88.2 cm³/mol. The minimum absolute atomic E-state index is 0.367. The van der Waals surface area contributed by atoms with Crippen molar-refractivity contribution in [2.45, 2.75) is 17.1 Å². The van der Waals surface area contributed by atoms with E-state index < -0.39 is 44.3 Å². The van der Waals surface area contributed by atoms with E-state index in [1.165, 1.54) is 29.0 Å². The molecule has 2 N–H and O–H groups in total. The molecule has 0 bridgehead atoms. The summed E-state index contributed by atoms with van der Waals surface area (Å²) in [5, 5.41) is 13.4. The average Bonchev–Trinajstić information content (AvgIpc) is 2.58. The zero-order chi connectivity index (χ0) is 19.4. The van der Waals surface area contributed by atoms with Crippen molar-refractivity contribution in [3.8, 4) is 0 Å². The van der Waals surface area contributed by atoms with Crippen molar-refractivity contribution in [3.63, 3.8) is 0 Å². The Hall–Kier alpha value is -2.66. The van der Waals surface area contributed by atoms with Crippen LogP contribution in [0.1, 0.15) is 0 Å². The second-order valence-electron chi connectivity index (χ2n) is 5.19. The van der Waals surface area contributed by atoms with E-state index in [1.54, 1.807) is 18.2 Å². The van der Waals surface area contributed by atoms with Crippen molar-refractivity contribution in [1.29, 1.82) is 0 Å². The fourth-order valence-electron chi connectivity index (χ4n) is 2.09.